The van der Waals surface area contributed by atoms with Crippen molar-refractivity contribution in [2.24, 2.45) is 0 Å². The van der Waals surface area contributed by atoms with E-state index in [1.807, 2.05) is 0 Å². The van der Waals surface area contributed by atoms with Crippen LogP contribution in [0.2, 0.25) is 0 Å². The molecule has 10 heavy (non-hydrogen) atoms. The summed E-state index contributed by atoms with van der Waals surface area (Å²) in [4.78, 5) is 17.2. The first-order valence-corrected chi connectivity index (χ1v) is 6.45. The molecule has 0 spiro atoms. The molecule has 2 unspecified atom stereocenters. The number of alkyl halides is 1. The summed E-state index contributed by atoms with van der Waals surface area (Å²) in [6.07, 6.45) is 0.578. The molecule has 1 fully saturated rings. The van der Waals surface area contributed by atoms with E-state index >= 15 is 0 Å². The SMILES string of the molecule is O=P(O)(O)C1CC(Br)CS1. The van der Waals surface area contributed by atoms with Gasteiger partial charge in [-0.1, -0.05) is 15.9 Å². The highest BCUT2D eigenvalue weighted by Gasteiger charge is 2.36. The van der Waals surface area contributed by atoms with Gasteiger partial charge in [0.15, 0.2) is 0 Å². The molecule has 0 aliphatic carbocycles. The van der Waals surface area contributed by atoms with Crippen molar-refractivity contribution in [3.8, 4) is 0 Å². The molecular formula is C4H8BrO3PS. The molecule has 2 N–H and O–H groups in total. The Bertz CT molecular complexity index is 170. The van der Waals surface area contributed by atoms with Crippen molar-refractivity contribution in [2.75, 3.05) is 5.75 Å². The van der Waals surface area contributed by atoms with Gasteiger partial charge in [-0.05, 0) is 6.42 Å². The second-order valence-corrected chi connectivity index (χ2v) is 6.89. The quantitative estimate of drug-likeness (QED) is 0.543. The molecule has 0 radical (unpaired) electrons. The van der Waals surface area contributed by atoms with Gasteiger partial charge < -0.3 is 9.79 Å². The Kier molecular flexibility index (Phi) is 2.86. The maximum absolute atomic E-state index is 10.6. The van der Waals surface area contributed by atoms with Crippen LogP contribution in [-0.4, -0.2) is 25.4 Å². The van der Waals surface area contributed by atoms with Gasteiger partial charge in [0.1, 0.15) is 4.99 Å². The van der Waals surface area contributed by atoms with Crippen LogP contribution in [0.15, 0.2) is 0 Å². The topological polar surface area (TPSA) is 57.5 Å². The Morgan fingerprint density at radius 1 is 1.60 bits per heavy atom. The van der Waals surface area contributed by atoms with Gasteiger partial charge >= 0.3 is 7.60 Å². The van der Waals surface area contributed by atoms with E-state index in [-0.39, 0.29) is 4.83 Å². The molecule has 60 valence electrons. The van der Waals surface area contributed by atoms with Crippen LogP contribution in [0.1, 0.15) is 6.42 Å². The maximum Gasteiger partial charge on any atom is 0.338 e. The molecular weight excluding hydrogens is 239 g/mol. The second-order valence-electron chi connectivity index (χ2n) is 2.21. The van der Waals surface area contributed by atoms with Crippen LogP contribution in [0.4, 0.5) is 0 Å². The van der Waals surface area contributed by atoms with E-state index in [4.69, 9.17) is 9.79 Å². The molecule has 0 amide bonds. The van der Waals surface area contributed by atoms with Crippen LogP contribution in [0, 0.1) is 0 Å². The van der Waals surface area contributed by atoms with Crippen LogP contribution < -0.4 is 0 Å². The first-order valence-electron chi connectivity index (χ1n) is 2.81. The monoisotopic (exact) mass is 246 g/mol. The largest absolute Gasteiger partial charge is 0.338 e. The van der Waals surface area contributed by atoms with E-state index in [1.54, 1.807) is 0 Å². The molecule has 3 nitrogen and oxygen atoms in total. The van der Waals surface area contributed by atoms with Crippen molar-refractivity contribution in [2.45, 2.75) is 16.2 Å². The highest BCUT2D eigenvalue weighted by molar-refractivity contribution is 9.09. The molecule has 0 aromatic heterocycles. The summed E-state index contributed by atoms with van der Waals surface area (Å²) in [6, 6.07) is 0. The van der Waals surface area contributed by atoms with E-state index in [0.29, 0.717) is 6.42 Å². The summed E-state index contributed by atoms with van der Waals surface area (Å²) in [5.41, 5.74) is 0. The minimum absolute atomic E-state index is 0.273. The van der Waals surface area contributed by atoms with E-state index in [0.717, 1.165) is 5.75 Å². The minimum atomic E-state index is -3.82. The fourth-order valence-corrected chi connectivity index (χ4v) is 4.67. The number of hydrogen-bond donors (Lipinski definition) is 2. The fraction of sp³-hybridized carbons (Fsp3) is 1.00. The molecule has 2 atom stereocenters. The lowest BCUT2D eigenvalue weighted by Gasteiger charge is -2.09. The standard InChI is InChI=1S/C4H8BrO3PS/c5-3-1-4(10-2-3)9(6,7)8/h3-4H,1-2H2,(H2,6,7,8). The molecule has 6 heteroatoms. The van der Waals surface area contributed by atoms with Crippen LogP contribution in [-0.2, 0) is 4.57 Å². The van der Waals surface area contributed by atoms with Crippen LogP contribution in [0.5, 0.6) is 0 Å². The number of rotatable bonds is 1. The summed E-state index contributed by atoms with van der Waals surface area (Å²) in [7, 11) is -3.82. The van der Waals surface area contributed by atoms with Crippen LogP contribution >= 0.6 is 35.3 Å². The third-order valence-electron chi connectivity index (χ3n) is 1.30. The highest BCUT2D eigenvalue weighted by atomic mass is 79.9. The smallest absolute Gasteiger partial charge is 0.324 e. The Morgan fingerprint density at radius 3 is 2.40 bits per heavy atom. The molecule has 0 aromatic rings. The van der Waals surface area contributed by atoms with Gasteiger partial charge in [0, 0.05) is 10.6 Å². The van der Waals surface area contributed by atoms with Gasteiger partial charge in [0.2, 0.25) is 0 Å². The summed E-state index contributed by atoms with van der Waals surface area (Å²) in [6.45, 7) is 0. The van der Waals surface area contributed by atoms with Crippen molar-refractivity contribution >= 4 is 35.3 Å². The molecule has 1 saturated heterocycles. The number of thioether (sulfide) groups is 1. The van der Waals surface area contributed by atoms with Crippen molar-refractivity contribution in [3.63, 3.8) is 0 Å². The van der Waals surface area contributed by atoms with E-state index in [2.05, 4.69) is 15.9 Å². The molecule has 1 heterocycles. The van der Waals surface area contributed by atoms with Gasteiger partial charge in [0.25, 0.3) is 0 Å². The Morgan fingerprint density at radius 2 is 2.20 bits per heavy atom. The van der Waals surface area contributed by atoms with Crippen molar-refractivity contribution < 1.29 is 14.4 Å². The van der Waals surface area contributed by atoms with Crippen LogP contribution in [0.3, 0.4) is 0 Å². The van der Waals surface area contributed by atoms with E-state index < -0.39 is 12.6 Å². The molecule has 0 bridgehead atoms. The summed E-state index contributed by atoms with van der Waals surface area (Å²) >= 11 is 4.65. The zero-order valence-electron chi connectivity index (χ0n) is 5.11. The van der Waals surface area contributed by atoms with E-state index in [9.17, 15) is 4.57 Å². The lowest BCUT2D eigenvalue weighted by molar-refractivity contribution is 0.369. The number of hydrogen-bond acceptors (Lipinski definition) is 2. The summed E-state index contributed by atoms with van der Waals surface area (Å²) in [5, 5.41) is 0. The number of halogens is 1. The lowest BCUT2D eigenvalue weighted by Crippen LogP contribution is -2.00. The van der Waals surface area contributed by atoms with Gasteiger partial charge in [-0.25, -0.2) is 0 Å². The van der Waals surface area contributed by atoms with Gasteiger partial charge in [-0.2, -0.15) is 0 Å². The van der Waals surface area contributed by atoms with Gasteiger partial charge in [0.05, 0.1) is 0 Å². The van der Waals surface area contributed by atoms with Crippen LogP contribution in [0.25, 0.3) is 0 Å². The second kappa shape index (κ2) is 3.15. The maximum atomic E-state index is 10.6. The fourth-order valence-electron chi connectivity index (χ4n) is 0.805. The van der Waals surface area contributed by atoms with Gasteiger partial charge in [-0.3, -0.25) is 4.57 Å². The Balaban J connectivity index is 2.53. The third kappa shape index (κ3) is 2.24. The zero-order valence-corrected chi connectivity index (χ0v) is 8.40. The molecule has 1 rings (SSSR count). The Labute approximate surface area is 71.9 Å². The van der Waals surface area contributed by atoms with Crippen molar-refractivity contribution in [1.29, 1.82) is 0 Å². The molecule has 0 aromatic carbocycles. The predicted molar refractivity (Wildman–Crippen MR) is 45.6 cm³/mol. The summed E-state index contributed by atoms with van der Waals surface area (Å²) < 4.78 is 10.6. The predicted octanol–water partition coefficient (Wildman–Crippen LogP) is 1.39. The summed E-state index contributed by atoms with van der Waals surface area (Å²) in [5.74, 6) is 0.801. The Hall–Kier alpha value is 0.980. The first-order chi connectivity index (χ1) is 4.50. The van der Waals surface area contributed by atoms with Crippen molar-refractivity contribution in [1.82, 2.24) is 0 Å². The zero-order chi connectivity index (χ0) is 7.78. The molecule has 1 aliphatic heterocycles. The first kappa shape index (κ1) is 9.07. The van der Waals surface area contributed by atoms with Gasteiger partial charge in [-0.15, -0.1) is 11.8 Å². The molecule has 0 saturated carbocycles. The normalized spacial score (nSPS) is 34.7. The average molecular weight is 247 g/mol. The van der Waals surface area contributed by atoms with E-state index in [1.165, 1.54) is 11.8 Å². The average Bonchev–Trinajstić information content (AvgIpc) is 2.11. The molecule has 1 aliphatic rings. The third-order valence-corrected chi connectivity index (χ3v) is 5.83. The lowest BCUT2D eigenvalue weighted by atomic mass is 10.4. The highest BCUT2D eigenvalue weighted by Crippen LogP contribution is 2.53. The van der Waals surface area contributed by atoms with Crippen molar-refractivity contribution in [3.05, 3.63) is 0 Å². The minimum Gasteiger partial charge on any atom is -0.324 e.